The van der Waals surface area contributed by atoms with Crippen LogP contribution in [0.4, 0.5) is 5.69 Å². The third-order valence-electron chi connectivity index (χ3n) is 3.08. The summed E-state index contributed by atoms with van der Waals surface area (Å²) in [5.74, 6) is 0.339. The second-order valence-corrected chi connectivity index (χ2v) is 7.04. The number of aromatic hydroxyl groups is 1. The molecule has 19 heavy (non-hydrogen) atoms. The molecule has 3 heteroatoms. The zero-order chi connectivity index (χ0) is 14.0. The molecule has 0 saturated heterocycles. The molecule has 102 valence electrons. The molecule has 2 N–H and O–H groups in total. The Morgan fingerprint density at radius 2 is 1.89 bits per heavy atom. The molecular weight excluding hydrogens is 254 g/mol. The molecule has 0 amide bonds. The van der Waals surface area contributed by atoms with Crippen molar-refractivity contribution in [2.24, 2.45) is 0 Å². The van der Waals surface area contributed by atoms with E-state index in [4.69, 9.17) is 0 Å². The van der Waals surface area contributed by atoms with Crippen LogP contribution in [0.25, 0.3) is 0 Å². The highest BCUT2D eigenvalue weighted by atomic mass is 32.1. The zero-order valence-electron chi connectivity index (χ0n) is 11.9. The number of benzene rings is 1. The maximum atomic E-state index is 9.67. The number of hydrogen-bond donors (Lipinski definition) is 2. The molecule has 2 rings (SSSR count). The van der Waals surface area contributed by atoms with Gasteiger partial charge in [-0.2, -0.15) is 0 Å². The Kier molecular flexibility index (Phi) is 3.85. The molecule has 1 heterocycles. The third-order valence-corrected chi connectivity index (χ3v) is 4.59. The second kappa shape index (κ2) is 5.25. The first-order chi connectivity index (χ1) is 8.86. The fourth-order valence-corrected chi connectivity index (χ4v) is 2.79. The van der Waals surface area contributed by atoms with Crippen LogP contribution in [0.15, 0.2) is 30.3 Å². The van der Waals surface area contributed by atoms with Crippen molar-refractivity contribution in [1.29, 1.82) is 0 Å². The van der Waals surface area contributed by atoms with Gasteiger partial charge in [0.1, 0.15) is 5.75 Å². The van der Waals surface area contributed by atoms with Crippen LogP contribution in [0.5, 0.6) is 5.75 Å². The monoisotopic (exact) mass is 275 g/mol. The summed E-state index contributed by atoms with van der Waals surface area (Å²) in [6.45, 7) is 9.38. The Bertz CT molecular complexity index is 566. The van der Waals surface area contributed by atoms with Crippen LogP contribution >= 0.6 is 11.3 Å². The molecule has 0 aliphatic carbocycles. The molecular formula is C16H21NOS. The van der Waals surface area contributed by atoms with Gasteiger partial charge in [-0.05, 0) is 36.1 Å². The fourth-order valence-electron chi connectivity index (χ4n) is 1.78. The Morgan fingerprint density at radius 3 is 2.47 bits per heavy atom. The Labute approximate surface area is 119 Å². The quantitative estimate of drug-likeness (QED) is 0.853. The first kappa shape index (κ1) is 13.9. The molecule has 1 aromatic carbocycles. The average Bonchev–Trinajstić information content (AvgIpc) is 2.79. The Balaban J connectivity index is 2.02. The van der Waals surface area contributed by atoms with E-state index in [9.17, 15) is 5.11 Å². The molecule has 0 saturated carbocycles. The lowest BCUT2D eigenvalue weighted by Crippen LogP contribution is -2.07. The van der Waals surface area contributed by atoms with E-state index in [1.54, 1.807) is 6.07 Å². The van der Waals surface area contributed by atoms with Crippen molar-refractivity contribution >= 4 is 17.0 Å². The summed E-state index contributed by atoms with van der Waals surface area (Å²) in [5.41, 5.74) is 2.07. The molecule has 0 spiro atoms. The van der Waals surface area contributed by atoms with Crippen molar-refractivity contribution in [3.8, 4) is 5.75 Å². The van der Waals surface area contributed by atoms with Crippen LogP contribution in [0.1, 0.15) is 36.1 Å². The van der Waals surface area contributed by atoms with E-state index in [0.29, 0.717) is 5.75 Å². The standard InChI is InChI=1S/C16H21NOS/c1-11-5-6-12(9-14(11)18)17-10-13-7-8-15(19-13)16(2,3)4/h5-9,17-18H,10H2,1-4H3. The molecule has 0 aliphatic rings. The van der Waals surface area contributed by atoms with Gasteiger partial charge in [-0.15, -0.1) is 11.3 Å². The van der Waals surface area contributed by atoms with E-state index in [1.807, 2.05) is 30.4 Å². The predicted molar refractivity (Wildman–Crippen MR) is 83.2 cm³/mol. The van der Waals surface area contributed by atoms with Crippen molar-refractivity contribution in [3.05, 3.63) is 45.6 Å². The Hall–Kier alpha value is -1.48. The largest absolute Gasteiger partial charge is 0.508 e. The lowest BCUT2D eigenvalue weighted by molar-refractivity contribution is 0.471. The van der Waals surface area contributed by atoms with Crippen LogP contribution in [-0.2, 0) is 12.0 Å². The van der Waals surface area contributed by atoms with Gasteiger partial charge in [0, 0.05) is 28.1 Å². The van der Waals surface area contributed by atoms with Crippen molar-refractivity contribution < 1.29 is 5.11 Å². The van der Waals surface area contributed by atoms with Crippen LogP contribution < -0.4 is 5.32 Å². The van der Waals surface area contributed by atoms with Crippen LogP contribution in [0.3, 0.4) is 0 Å². The summed E-state index contributed by atoms with van der Waals surface area (Å²) in [4.78, 5) is 2.71. The number of anilines is 1. The van der Waals surface area contributed by atoms with Gasteiger partial charge in [0.25, 0.3) is 0 Å². The molecule has 0 unspecified atom stereocenters. The summed E-state index contributed by atoms with van der Waals surface area (Å²) in [5, 5.41) is 13.0. The number of phenolic OH excluding ortho intramolecular Hbond substituents is 1. The summed E-state index contributed by atoms with van der Waals surface area (Å²) in [6, 6.07) is 10.1. The van der Waals surface area contributed by atoms with Crippen molar-refractivity contribution in [2.75, 3.05) is 5.32 Å². The highest BCUT2D eigenvalue weighted by Gasteiger charge is 2.15. The van der Waals surface area contributed by atoms with Crippen LogP contribution in [0, 0.1) is 6.92 Å². The van der Waals surface area contributed by atoms with E-state index >= 15 is 0 Å². The van der Waals surface area contributed by atoms with E-state index in [1.165, 1.54) is 9.75 Å². The number of thiophene rings is 1. The average molecular weight is 275 g/mol. The maximum absolute atomic E-state index is 9.67. The van der Waals surface area contributed by atoms with Gasteiger partial charge in [0.15, 0.2) is 0 Å². The number of rotatable bonds is 3. The van der Waals surface area contributed by atoms with Gasteiger partial charge in [-0.1, -0.05) is 26.8 Å². The van der Waals surface area contributed by atoms with E-state index in [2.05, 4.69) is 38.2 Å². The van der Waals surface area contributed by atoms with Crippen molar-refractivity contribution in [2.45, 2.75) is 39.7 Å². The predicted octanol–water partition coefficient (Wildman–Crippen LogP) is 4.67. The number of hydrogen-bond acceptors (Lipinski definition) is 3. The van der Waals surface area contributed by atoms with Crippen LogP contribution in [-0.4, -0.2) is 5.11 Å². The van der Waals surface area contributed by atoms with E-state index in [-0.39, 0.29) is 5.41 Å². The zero-order valence-corrected chi connectivity index (χ0v) is 12.8. The SMILES string of the molecule is Cc1ccc(NCc2ccc(C(C)(C)C)s2)cc1O. The highest BCUT2D eigenvalue weighted by Crippen LogP contribution is 2.30. The minimum absolute atomic E-state index is 0.213. The van der Waals surface area contributed by atoms with E-state index < -0.39 is 0 Å². The number of nitrogens with one attached hydrogen (secondary N) is 1. The molecule has 0 atom stereocenters. The first-order valence-corrected chi connectivity index (χ1v) is 7.30. The number of phenols is 1. The maximum Gasteiger partial charge on any atom is 0.120 e. The van der Waals surface area contributed by atoms with Crippen molar-refractivity contribution in [1.82, 2.24) is 0 Å². The molecule has 0 fully saturated rings. The first-order valence-electron chi connectivity index (χ1n) is 6.49. The van der Waals surface area contributed by atoms with Gasteiger partial charge < -0.3 is 10.4 Å². The Morgan fingerprint density at radius 1 is 1.16 bits per heavy atom. The summed E-state index contributed by atoms with van der Waals surface area (Å²) < 4.78 is 0. The fraction of sp³-hybridized carbons (Fsp3) is 0.375. The van der Waals surface area contributed by atoms with Gasteiger partial charge in [-0.25, -0.2) is 0 Å². The topological polar surface area (TPSA) is 32.3 Å². The normalized spacial score (nSPS) is 11.6. The van der Waals surface area contributed by atoms with Gasteiger partial charge in [-0.3, -0.25) is 0 Å². The molecule has 0 bridgehead atoms. The lowest BCUT2D eigenvalue weighted by Gasteiger charge is -2.15. The molecule has 0 aliphatic heterocycles. The van der Waals surface area contributed by atoms with Gasteiger partial charge in [0.2, 0.25) is 0 Å². The molecule has 1 aromatic heterocycles. The minimum atomic E-state index is 0.213. The molecule has 2 nitrogen and oxygen atoms in total. The molecule has 0 radical (unpaired) electrons. The number of aryl methyl sites for hydroxylation is 1. The van der Waals surface area contributed by atoms with E-state index in [0.717, 1.165) is 17.8 Å². The third kappa shape index (κ3) is 3.51. The van der Waals surface area contributed by atoms with Gasteiger partial charge >= 0.3 is 0 Å². The summed E-state index contributed by atoms with van der Waals surface area (Å²) >= 11 is 1.84. The summed E-state index contributed by atoms with van der Waals surface area (Å²) in [7, 11) is 0. The van der Waals surface area contributed by atoms with Crippen LogP contribution in [0.2, 0.25) is 0 Å². The second-order valence-electron chi connectivity index (χ2n) is 5.87. The smallest absolute Gasteiger partial charge is 0.120 e. The molecule has 2 aromatic rings. The van der Waals surface area contributed by atoms with Gasteiger partial charge in [0.05, 0.1) is 0 Å². The summed E-state index contributed by atoms with van der Waals surface area (Å²) in [6.07, 6.45) is 0. The lowest BCUT2D eigenvalue weighted by atomic mass is 9.95. The highest BCUT2D eigenvalue weighted by molar-refractivity contribution is 7.12. The van der Waals surface area contributed by atoms with Crippen molar-refractivity contribution in [3.63, 3.8) is 0 Å². The minimum Gasteiger partial charge on any atom is -0.508 e.